The van der Waals surface area contributed by atoms with Gasteiger partial charge in [-0.15, -0.1) is 0 Å². The number of anilines is 1. The van der Waals surface area contributed by atoms with E-state index < -0.39 is 5.60 Å². The fourth-order valence-electron chi connectivity index (χ4n) is 1.07. The summed E-state index contributed by atoms with van der Waals surface area (Å²) in [6.07, 6.45) is 3.08. The minimum Gasteiger partial charge on any atom is -0.399 e. The van der Waals surface area contributed by atoms with Crippen molar-refractivity contribution in [2.24, 2.45) is 0 Å². The van der Waals surface area contributed by atoms with Gasteiger partial charge in [0, 0.05) is 11.8 Å². The van der Waals surface area contributed by atoms with Crippen LogP contribution in [0.4, 0.5) is 5.69 Å². The molecule has 0 fully saturated rings. The smallest absolute Gasteiger partial charge is 0.267 e. The zero-order valence-corrected chi connectivity index (χ0v) is 10.4. The summed E-state index contributed by atoms with van der Waals surface area (Å²) < 4.78 is 0. The predicted molar refractivity (Wildman–Crippen MR) is 68.9 cm³/mol. The highest BCUT2D eigenvalue weighted by Gasteiger charge is 2.11. The second-order valence-corrected chi connectivity index (χ2v) is 4.68. The number of carbonyl (C=O) groups excluding carboxylic acids is 1. The highest BCUT2D eigenvalue weighted by atomic mass is 16.7. The average molecular weight is 234 g/mol. The van der Waals surface area contributed by atoms with Crippen molar-refractivity contribution in [3.05, 3.63) is 35.9 Å². The molecule has 0 unspecified atom stereocenters. The molecule has 1 aromatic rings. The van der Waals surface area contributed by atoms with Crippen LogP contribution >= 0.6 is 0 Å². The maximum atomic E-state index is 11.4. The Kier molecular flexibility index (Phi) is 4.29. The SMILES string of the molecule is CC(C)(C)ONC(=O)/C=C/c1cccc(N)c1. The van der Waals surface area contributed by atoms with Crippen molar-refractivity contribution < 1.29 is 9.63 Å². The first kappa shape index (κ1) is 13.3. The van der Waals surface area contributed by atoms with Gasteiger partial charge in [-0.05, 0) is 44.5 Å². The average Bonchev–Trinajstić information content (AvgIpc) is 2.23. The number of rotatable bonds is 3. The third-order valence-electron chi connectivity index (χ3n) is 1.80. The number of nitrogens with two attached hydrogens (primary N) is 1. The highest BCUT2D eigenvalue weighted by Crippen LogP contribution is 2.08. The molecular weight excluding hydrogens is 216 g/mol. The minimum atomic E-state index is -0.402. The molecule has 1 aromatic carbocycles. The van der Waals surface area contributed by atoms with Crippen molar-refractivity contribution in [2.45, 2.75) is 26.4 Å². The van der Waals surface area contributed by atoms with Crippen LogP contribution in [0, 0.1) is 0 Å². The molecule has 0 atom stereocenters. The van der Waals surface area contributed by atoms with Crippen molar-refractivity contribution in [2.75, 3.05) is 5.73 Å². The van der Waals surface area contributed by atoms with E-state index in [9.17, 15) is 4.79 Å². The lowest BCUT2D eigenvalue weighted by atomic mass is 10.2. The van der Waals surface area contributed by atoms with Crippen molar-refractivity contribution in [3.63, 3.8) is 0 Å². The van der Waals surface area contributed by atoms with Gasteiger partial charge in [-0.2, -0.15) is 0 Å². The van der Waals surface area contributed by atoms with Gasteiger partial charge in [0.15, 0.2) is 0 Å². The first-order valence-corrected chi connectivity index (χ1v) is 5.38. The summed E-state index contributed by atoms with van der Waals surface area (Å²) in [5, 5.41) is 0. The molecule has 0 saturated heterocycles. The zero-order chi connectivity index (χ0) is 12.9. The Morgan fingerprint density at radius 2 is 2.12 bits per heavy atom. The van der Waals surface area contributed by atoms with E-state index in [1.807, 2.05) is 32.9 Å². The summed E-state index contributed by atoms with van der Waals surface area (Å²) in [7, 11) is 0. The molecule has 0 heterocycles. The van der Waals surface area contributed by atoms with E-state index in [1.165, 1.54) is 6.08 Å². The zero-order valence-electron chi connectivity index (χ0n) is 10.4. The van der Waals surface area contributed by atoms with E-state index in [2.05, 4.69) is 5.48 Å². The molecule has 0 bridgehead atoms. The fraction of sp³-hybridized carbons (Fsp3) is 0.308. The molecule has 0 aromatic heterocycles. The number of nitrogen functional groups attached to an aromatic ring is 1. The summed E-state index contributed by atoms with van der Waals surface area (Å²) >= 11 is 0. The molecule has 3 N–H and O–H groups in total. The third-order valence-corrected chi connectivity index (χ3v) is 1.80. The number of hydrogen-bond donors (Lipinski definition) is 2. The van der Waals surface area contributed by atoms with Crippen molar-refractivity contribution in [1.29, 1.82) is 0 Å². The summed E-state index contributed by atoms with van der Waals surface area (Å²) in [6.45, 7) is 5.57. The molecule has 0 saturated carbocycles. The first-order valence-electron chi connectivity index (χ1n) is 5.38. The van der Waals surface area contributed by atoms with E-state index in [-0.39, 0.29) is 5.91 Å². The number of amides is 1. The molecule has 17 heavy (non-hydrogen) atoms. The van der Waals surface area contributed by atoms with E-state index in [0.29, 0.717) is 5.69 Å². The highest BCUT2D eigenvalue weighted by molar-refractivity contribution is 5.91. The summed E-state index contributed by atoms with van der Waals surface area (Å²) in [5.41, 5.74) is 9.11. The molecule has 4 heteroatoms. The Bertz CT molecular complexity index is 420. The standard InChI is InChI=1S/C13H18N2O2/c1-13(2,3)17-15-12(16)8-7-10-5-4-6-11(14)9-10/h4-9H,14H2,1-3H3,(H,15,16)/b8-7+. The number of hydrogen-bond acceptors (Lipinski definition) is 3. The number of hydroxylamine groups is 1. The van der Waals surface area contributed by atoms with Gasteiger partial charge in [-0.25, -0.2) is 5.48 Å². The van der Waals surface area contributed by atoms with Crippen molar-refractivity contribution >= 4 is 17.7 Å². The number of benzene rings is 1. The normalized spacial score (nSPS) is 11.7. The van der Waals surface area contributed by atoms with Gasteiger partial charge in [-0.1, -0.05) is 12.1 Å². The van der Waals surface area contributed by atoms with E-state index in [1.54, 1.807) is 18.2 Å². The van der Waals surface area contributed by atoms with Crippen LogP contribution in [0.1, 0.15) is 26.3 Å². The molecule has 0 aliphatic heterocycles. The molecular formula is C13H18N2O2. The van der Waals surface area contributed by atoms with Crippen LogP contribution in [0.15, 0.2) is 30.3 Å². The third kappa shape index (κ3) is 5.73. The molecule has 4 nitrogen and oxygen atoms in total. The van der Waals surface area contributed by atoms with Crippen molar-refractivity contribution in [1.82, 2.24) is 5.48 Å². The van der Waals surface area contributed by atoms with Crippen LogP contribution in [0.2, 0.25) is 0 Å². The Morgan fingerprint density at radius 3 is 2.71 bits per heavy atom. The van der Waals surface area contributed by atoms with Gasteiger partial charge in [0.2, 0.25) is 0 Å². The molecule has 0 spiro atoms. The quantitative estimate of drug-likeness (QED) is 0.478. The van der Waals surface area contributed by atoms with Gasteiger partial charge >= 0.3 is 0 Å². The maximum absolute atomic E-state index is 11.4. The summed E-state index contributed by atoms with van der Waals surface area (Å²) in [4.78, 5) is 16.5. The lowest BCUT2D eigenvalue weighted by Crippen LogP contribution is -2.32. The van der Waals surface area contributed by atoms with Gasteiger partial charge in [-0.3, -0.25) is 9.63 Å². The van der Waals surface area contributed by atoms with E-state index in [4.69, 9.17) is 10.6 Å². The van der Waals surface area contributed by atoms with Gasteiger partial charge in [0.1, 0.15) is 0 Å². The predicted octanol–water partition coefficient (Wildman–Crippen LogP) is 2.13. The van der Waals surface area contributed by atoms with E-state index >= 15 is 0 Å². The lowest BCUT2D eigenvalue weighted by Gasteiger charge is -2.17. The Hall–Kier alpha value is -1.81. The van der Waals surface area contributed by atoms with Gasteiger partial charge in [0.05, 0.1) is 5.60 Å². The first-order chi connectivity index (χ1) is 7.87. The Balaban J connectivity index is 2.51. The molecule has 92 valence electrons. The molecule has 0 aliphatic rings. The second-order valence-electron chi connectivity index (χ2n) is 4.68. The van der Waals surface area contributed by atoms with Gasteiger partial charge in [0.25, 0.3) is 5.91 Å². The fourth-order valence-corrected chi connectivity index (χ4v) is 1.07. The number of nitrogens with one attached hydrogen (secondary N) is 1. The molecule has 1 rings (SSSR count). The van der Waals surface area contributed by atoms with Crippen LogP contribution in [0.25, 0.3) is 6.08 Å². The minimum absolute atomic E-state index is 0.303. The second kappa shape index (κ2) is 5.50. The van der Waals surface area contributed by atoms with Crippen LogP contribution in [-0.4, -0.2) is 11.5 Å². The topological polar surface area (TPSA) is 64.3 Å². The summed E-state index contributed by atoms with van der Waals surface area (Å²) in [6, 6.07) is 7.28. The van der Waals surface area contributed by atoms with Gasteiger partial charge < -0.3 is 5.73 Å². The summed E-state index contributed by atoms with van der Waals surface area (Å²) in [5.74, 6) is -0.303. The monoisotopic (exact) mass is 234 g/mol. The Labute approximate surface area is 101 Å². The maximum Gasteiger partial charge on any atom is 0.267 e. The van der Waals surface area contributed by atoms with Crippen LogP contribution in [0.5, 0.6) is 0 Å². The largest absolute Gasteiger partial charge is 0.399 e. The van der Waals surface area contributed by atoms with Crippen LogP contribution in [0.3, 0.4) is 0 Å². The van der Waals surface area contributed by atoms with Crippen molar-refractivity contribution in [3.8, 4) is 0 Å². The molecule has 0 aliphatic carbocycles. The lowest BCUT2D eigenvalue weighted by molar-refractivity contribution is -0.140. The number of carbonyl (C=O) groups is 1. The van der Waals surface area contributed by atoms with Crippen LogP contribution in [-0.2, 0) is 9.63 Å². The molecule has 1 amide bonds. The Morgan fingerprint density at radius 1 is 1.41 bits per heavy atom. The van der Waals surface area contributed by atoms with E-state index in [0.717, 1.165) is 5.56 Å². The molecule has 0 radical (unpaired) electrons. The van der Waals surface area contributed by atoms with Crippen LogP contribution < -0.4 is 11.2 Å².